The molecule has 1 aliphatic rings. The van der Waals surface area contributed by atoms with Crippen molar-refractivity contribution in [2.24, 2.45) is 0 Å². The first-order valence-electron chi connectivity index (χ1n) is 6.42. The molecule has 0 aromatic heterocycles. The standard InChI is InChI=1S/C13H19ClN2O3S/c1-8-4-11(14)13(5-12(8)15)20(17,18)16-6-10(3)19-7-9(16)2/h4-5,9-10H,6-7,15H2,1-3H3. The number of ether oxygens (including phenoxy) is 1. The molecule has 20 heavy (non-hydrogen) atoms. The molecule has 0 radical (unpaired) electrons. The number of halogens is 1. The number of anilines is 1. The van der Waals surface area contributed by atoms with Gasteiger partial charge in [0.25, 0.3) is 0 Å². The number of benzene rings is 1. The molecule has 112 valence electrons. The fourth-order valence-corrected chi connectivity index (χ4v) is 4.49. The van der Waals surface area contributed by atoms with Gasteiger partial charge >= 0.3 is 0 Å². The van der Waals surface area contributed by atoms with Crippen LogP contribution in [0.1, 0.15) is 19.4 Å². The van der Waals surface area contributed by atoms with Crippen LogP contribution >= 0.6 is 11.6 Å². The number of nitrogens with two attached hydrogens (primary N) is 1. The van der Waals surface area contributed by atoms with Gasteiger partial charge in [-0.2, -0.15) is 4.31 Å². The zero-order valence-corrected chi connectivity index (χ0v) is 13.3. The van der Waals surface area contributed by atoms with Crippen molar-refractivity contribution in [3.63, 3.8) is 0 Å². The molecule has 2 rings (SSSR count). The number of morpholine rings is 1. The van der Waals surface area contributed by atoms with Crippen LogP contribution in [0.3, 0.4) is 0 Å². The highest BCUT2D eigenvalue weighted by Gasteiger charge is 2.35. The van der Waals surface area contributed by atoms with Crippen LogP contribution in [-0.2, 0) is 14.8 Å². The first kappa shape index (κ1) is 15.6. The van der Waals surface area contributed by atoms with E-state index in [1.807, 2.05) is 13.8 Å². The van der Waals surface area contributed by atoms with E-state index in [0.717, 1.165) is 5.56 Å². The van der Waals surface area contributed by atoms with Gasteiger partial charge in [-0.25, -0.2) is 8.42 Å². The normalized spacial score (nSPS) is 24.8. The van der Waals surface area contributed by atoms with Gasteiger partial charge in [-0.1, -0.05) is 11.6 Å². The third-order valence-corrected chi connectivity index (χ3v) is 5.90. The Labute approximate surface area is 124 Å². The Morgan fingerprint density at radius 1 is 1.40 bits per heavy atom. The van der Waals surface area contributed by atoms with Gasteiger partial charge in [0.1, 0.15) is 4.90 Å². The van der Waals surface area contributed by atoms with Gasteiger partial charge < -0.3 is 10.5 Å². The Bertz CT molecular complexity index is 618. The summed E-state index contributed by atoms with van der Waals surface area (Å²) < 4.78 is 32.4. The minimum Gasteiger partial charge on any atom is -0.398 e. The first-order valence-corrected chi connectivity index (χ1v) is 8.24. The Kier molecular flexibility index (Phi) is 4.30. The number of nitrogen functional groups attached to an aromatic ring is 1. The number of aryl methyl sites for hydroxylation is 1. The maximum Gasteiger partial charge on any atom is 0.245 e. The number of rotatable bonds is 2. The van der Waals surface area contributed by atoms with Gasteiger partial charge in [-0.15, -0.1) is 0 Å². The summed E-state index contributed by atoms with van der Waals surface area (Å²) in [5.74, 6) is 0. The van der Waals surface area contributed by atoms with E-state index in [2.05, 4.69) is 0 Å². The van der Waals surface area contributed by atoms with E-state index in [4.69, 9.17) is 22.1 Å². The largest absolute Gasteiger partial charge is 0.398 e. The Morgan fingerprint density at radius 3 is 2.70 bits per heavy atom. The third-order valence-electron chi connectivity index (χ3n) is 3.46. The molecule has 1 aromatic rings. The molecule has 0 bridgehead atoms. The van der Waals surface area contributed by atoms with Crippen molar-refractivity contribution >= 4 is 27.3 Å². The second kappa shape index (κ2) is 5.52. The molecule has 1 fully saturated rings. The summed E-state index contributed by atoms with van der Waals surface area (Å²) in [6.07, 6.45) is -0.137. The molecule has 5 nitrogen and oxygen atoms in total. The van der Waals surface area contributed by atoms with Gasteiger partial charge in [0.2, 0.25) is 10.0 Å². The minimum absolute atomic E-state index is 0.0585. The van der Waals surface area contributed by atoms with Crippen LogP contribution in [-0.4, -0.2) is 38.0 Å². The SMILES string of the molecule is Cc1cc(Cl)c(S(=O)(=O)N2CC(C)OCC2C)cc1N. The molecule has 0 aliphatic carbocycles. The number of hydrogen-bond donors (Lipinski definition) is 1. The maximum absolute atomic E-state index is 12.8. The van der Waals surface area contributed by atoms with E-state index in [1.165, 1.54) is 10.4 Å². The first-order chi connectivity index (χ1) is 9.23. The lowest BCUT2D eigenvalue weighted by Gasteiger charge is -2.35. The predicted molar refractivity (Wildman–Crippen MR) is 79.4 cm³/mol. The lowest BCUT2D eigenvalue weighted by molar-refractivity contribution is -0.0170. The summed E-state index contributed by atoms with van der Waals surface area (Å²) in [6, 6.07) is 2.79. The van der Waals surface area contributed by atoms with Gasteiger partial charge in [0.15, 0.2) is 0 Å². The summed E-state index contributed by atoms with van der Waals surface area (Å²) >= 11 is 6.10. The highest BCUT2D eigenvalue weighted by atomic mass is 35.5. The van der Waals surface area contributed by atoms with Gasteiger partial charge in [-0.3, -0.25) is 0 Å². The van der Waals surface area contributed by atoms with Crippen molar-refractivity contribution < 1.29 is 13.2 Å². The number of sulfonamides is 1. The molecule has 2 N–H and O–H groups in total. The zero-order valence-electron chi connectivity index (χ0n) is 11.8. The Hall–Kier alpha value is -0.820. The number of hydrogen-bond acceptors (Lipinski definition) is 4. The van der Waals surface area contributed by atoms with Crippen LogP contribution in [0.4, 0.5) is 5.69 Å². The van der Waals surface area contributed by atoms with E-state index >= 15 is 0 Å². The van der Waals surface area contributed by atoms with Crippen molar-refractivity contribution in [3.05, 3.63) is 22.7 Å². The third kappa shape index (κ3) is 2.79. The molecular formula is C13H19ClN2O3S. The van der Waals surface area contributed by atoms with Crippen LogP contribution < -0.4 is 5.73 Å². The summed E-state index contributed by atoms with van der Waals surface area (Å²) in [7, 11) is -3.67. The lowest BCUT2D eigenvalue weighted by Crippen LogP contribution is -2.50. The average molecular weight is 319 g/mol. The van der Waals surface area contributed by atoms with Gasteiger partial charge in [0.05, 0.1) is 17.7 Å². The van der Waals surface area contributed by atoms with Gasteiger partial charge in [0, 0.05) is 18.3 Å². The highest BCUT2D eigenvalue weighted by molar-refractivity contribution is 7.89. The Morgan fingerprint density at radius 2 is 2.05 bits per heavy atom. The second-order valence-corrected chi connectivity index (χ2v) is 7.47. The van der Waals surface area contributed by atoms with Crippen LogP contribution in [0.2, 0.25) is 5.02 Å². The molecule has 0 saturated carbocycles. The minimum atomic E-state index is -3.67. The molecule has 1 heterocycles. The molecular weight excluding hydrogens is 300 g/mol. The maximum atomic E-state index is 12.8. The van der Waals surface area contributed by atoms with E-state index in [-0.39, 0.29) is 22.1 Å². The zero-order chi connectivity index (χ0) is 15.1. The summed E-state index contributed by atoms with van der Waals surface area (Å²) in [5.41, 5.74) is 6.99. The van der Waals surface area contributed by atoms with Crippen molar-refractivity contribution in [1.82, 2.24) is 4.31 Å². The van der Waals surface area contributed by atoms with Crippen molar-refractivity contribution in [3.8, 4) is 0 Å². The van der Waals surface area contributed by atoms with Crippen molar-refractivity contribution in [2.45, 2.75) is 37.8 Å². The number of nitrogens with zero attached hydrogens (tertiary/aromatic N) is 1. The van der Waals surface area contributed by atoms with Gasteiger partial charge in [-0.05, 0) is 38.5 Å². The predicted octanol–water partition coefficient (Wildman–Crippen LogP) is 2.03. The molecule has 1 aromatic carbocycles. The highest BCUT2D eigenvalue weighted by Crippen LogP contribution is 2.31. The fourth-order valence-electron chi connectivity index (χ4n) is 2.20. The molecule has 0 spiro atoms. The summed E-state index contributed by atoms with van der Waals surface area (Å²) in [5, 5.41) is 0.197. The smallest absolute Gasteiger partial charge is 0.245 e. The second-order valence-electron chi connectivity index (χ2n) is 5.21. The molecule has 1 aliphatic heterocycles. The molecule has 0 amide bonds. The molecule has 2 atom stereocenters. The van der Waals surface area contributed by atoms with Crippen molar-refractivity contribution in [1.29, 1.82) is 0 Å². The monoisotopic (exact) mass is 318 g/mol. The van der Waals surface area contributed by atoms with Crippen LogP contribution in [0.5, 0.6) is 0 Å². The molecule has 1 saturated heterocycles. The fraction of sp³-hybridized carbons (Fsp3) is 0.538. The Balaban J connectivity index is 2.47. The van der Waals surface area contributed by atoms with Crippen LogP contribution in [0.25, 0.3) is 0 Å². The van der Waals surface area contributed by atoms with E-state index in [1.54, 1.807) is 13.0 Å². The van der Waals surface area contributed by atoms with Crippen molar-refractivity contribution in [2.75, 3.05) is 18.9 Å². The lowest BCUT2D eigenvalue weighted by atomic mass is 10.2. The average Bonchev–Trinajstić information content (AvgIpc) is 2.36. The van der Waals surface area contributed by atoms with E-state index in [9.17, 15) is 8.42 Å². The molecule has 2 unspecified atom stereocenters. The van der Waals surface area contributed by atoms with Crippen LogP contribution in [0, 0.1) is 6.92 Å². The van der Waals surface area contributed by atoms with Crippen LogP contribution in [0.15, 0.2) is 17.0 Å². The topological polar surface area (TPSA) is 72.6 Å². The van der Waals surface area contributed by atoms with E-state index in [0.29, 0.717) is 18.8 Å². The molecule has 7 heteroatoms. The summed E-state index contributed by atoms with van der Waals surface area (Å²) in [6.45, 7) is 6.14. The summed E-state index contributed by atoms with van der Waals surface area (Å²) in [4.78, 5) is 0.0585. The van der Waals surface area contributed by atoms with E-state index < -0.39 is 10.0 Å². The quantitative estimate of drug-likeness (QED) is 0.847.